The van der Waals surface area contributed by atoms with Crippen molar-refractivity contribution in [3.63, 3.8) is 0 Å². The highest BCUT2D eigenvalue weighted by Gasteiger charge is 2.78. The molecule has 0 radical (unpaired) electrons. The monoisotopic (exact) mass is 491 g/mol. The molecular formula is C19H21N7O5S2. The number of ether oxygens (including phenoxy) is 1. The molecule has 33 heavy (non-hydrogen) atoms. The second-order valence-electron chi connectivity index (χ2n) is 7.17. The molecule has 2 saturated heterocycles. The van der Waals surface area contributed by atoms with E-state index in [0.29, 0.717) is 11.6 Å². The van der Waals surface area contributed by atoms with Crippen LogP contribution in [0.15, 0.2) is 39.8 Å². The van der Waals surface area contributed by atoms with Crippen LogP contribution in [0.3, 0.4) is 0 Å². The smallest absolute Gasteiger partial charge is 0.276 e. The summed E-state index contributed by atoms with van der Waals surface area (Å²) in [5, 5.41) is 8.24. The average molecular weight is 492 g/mol. The number of β-lactam (4-membered cyclic amide) rings is 1. The van der Waals surface area contributed by atoms with E-state index < -0.39 is 33.7 Å². The van der Waals surface area contributed by atoms with E-state index in [-0.39, 0.29) is 29.8 Å². The number of nitrogen functional groups attached to an aromatic ring is 1. The number of carbonyl (C=O) groups excluding carboxylic acids is 2. The normalized spacial score (nSPS) is 24.1. The summed E-state index contributed by atoms with van der Waals surface area (Å²) in [5.74, 6) is -0.0751. The van der Waals surface area contributed by atoms with Crippen molar-refractivity contribution in [2.45, 2.75) is 17.8 Å². The van der Waals surface area contributed by atoms with Gasteiger partial charge >= 0.3 is 0 Å². The van der Waals surface area contributed by atoms with E-state index >= 15 is 0 Å². The van der Waals surface area contributed by atoms with Gasteiger partial charge in [-0.05, 0) is 31.2 Å². The molecule has 174 valence electrons. The van der Waals surface area contributed by atoms with E-state index in [0.717, 1.165) is 16.9 Å². The summed E-state index contributed by atoms with van der Waals surface area (Å²) in [4.78, 5) is 37.2. The van der Waals surface area contributed by atoms with Crippen LogP contribution < -0.4 is 21.5 Å². The molecule has 1 unspecified atom stereocenters. The molecule has 4 rings (SSSR count). The Hall–Kier alpha value is -3.52. The van der Waals surface area contributed by atoms with Gasteiger partial charge in [0.25, 0.3) is 11.8 Å². The number of nitrogens with two attached hydrogens (primary N) is 2. The van der Waals surface area contributed by atoms with Gasteiger partial charge in [0.1, 0.15) is 29.9 Å². The Morgan fingerprint density at radius 3 is 2.67 bits per heavy atom. The fourth-order valence-corrected chi connectivity index (χ4v) is 5.19. The molecule has 14 heteroatoms. The van der Waals surface area contributed by atoms with Crippen molar-refractivity contribution >= 4 is 50.8 Å². The number of hydrogen-bond donors (Lipinski definition) is 3. The number of aliphatic imine (C=N–C) groups is 1. The SMILES string of the molecule is CN=C(N)c1ccc(OCCO/N=C(/C(=O)N[C@H]2C(=O)N3S(=O)[C@@]23C)c2csc(N)n2)cc1. The second-order valence-corrected chi connectivity index (χ2v) is 9.75. The molecule has 2 fully saturated rings. The van der Waals surface area contributed by atoms with Crippen molar-refractivity contribution in [1.82, 2.24) is 14.6 Å². The van der Waals surface area contributed by atoms with Crippen LogP contribution in [0.1, 0.15) is 18.2 Å². The van der Waals surface area contributed by atoms with Crippen molar-refractivity contribution in [2.75, 3.05) is 26.0 Å². The maximum absolute atomic E-state index is 12.8. The molecule has 3 atom stereocenters. The Balaban J connectivity index is 1.35. The first-order valence-corrected chi connectivity index (χ1v) is 11.7. The van der Waals surface area contributed by atoms with Gasteiger partial charge < -0.3 is 26.4 Å². The minimum atomic E-state index is -1.43. The highest BCUT2D eigenvalue weighted by molar-refractivity contribution is 7.92. The van der Waals surface area contributed by atoms with Crippen molar-refractivity contribution < 1.29 is 23.4 Å². The number of carbonyl (C=O) groups is 2. The number of oxime groups is 1. The van der Waals surface area contributed by atoms with Gasteiger partial charge in [-0.25, -0.2) is 13.5 Å². The molecule has 2 aliphatic heterocycles. The standard InChI is InChI=1S/C19H21N7O5S2/c1-19-14(17(28)26(19)33(19)29)24-16(27)13(12-9-32-18(21)23-12)25-31-8-7-30-11-5-3-10(4-6-11)15(20)22-2/h3-6,9,14H,7-8H2,1-2H3,(H2,20,22)(H2,21,23)(H,24,27)/b25-13+/t14-,19-,26?,33?/m0/s1. The van der Waals surface area contributed by atoms with Crippen LogP contribution in [-0.2, 0) is 25.4 Å². The lowest BCUT2D eigenvalue weighted by Gasteiger charge is -2.29. The van der Waals surface area contributed by atoms with E-state index in [2.05, 4.69) is 20.4 Å². The zero-order chi connectivity index (χ0) is 23.8. The van der Waals surface area contributed by atoms with Crippen LogP contribution in [0.2, 0.25) is 0 Å². The minimum Gasteiger partial charge on any atom is -0.490 e. The lowest BCUT2D eigenvalue weighted by molar-refractivity contribution is -0.139. The van der Waals surface area contributed by atoms with Crippen LogP contribution >= 0.6 is 11.3 Å². The fraction of sp³-hybridized carbons (Fsp3) is 0.316. The molecule has 12 nitrogen and oxygen atoms in total. The quantitative estimate of drug-likeness (QED) is 0.106. The Morgan fingerprint density at radius 2 is 2.09 bits per heavy atom. The molecular weight excluding hydrogens is 470 g/mol. The molecule has 2 amide bonds. The summed E-state index contributed by atoms with van der Waals surface area (Å²) in [6, 6.07) is 6.15. The molecule has 2 aliphatic rings. The Bertz CT molecular complexity index is 1180. The van der Waals surface area contributed by atoms with Gasteiger partial charge in [0.2, 0.25) is 0 Å². The molecule has 1 aromatic carbocycles. The zero-order valence-electron chi connectivity index (χ0n) is 17.7. The number of nitrogens with one attached hydrogen (secondary N) is 1. The summed E-state index contributed by atoms with van der Waals surface area (Å²) in [6.07, 6.45) is 0. The Morgan fingerprint density at radius 1 is 1.36 bits per heavy atom. The van der Waals surface area contributed by atoms with Crippen LogP contribution in [0.5, 0.6) is 5.75 Å². The summed E-state index contributed by atoms with van der Waals surface area (Å²) in [5.41, 5.74) is 12.3. The number of thiazole rings is 1. The van der Waals surface area contributed by atoms with Crippen LogP contribution in [0.25, 0.3) is 0 Å². The van der Waals surface area contributed by atoms with Crippen LogP contribution in [-0.4, -0.2) is 68.0 Å². The fourth-order valence-electron chi connectivity index (χ4n) is 3.21. The maximum Gasteiger partial charge on any atom is 0.276 e. The van der Waals surface area contributed by atoms with Crippen LogP contribution in [0, 0.1) is 0 Å². The number of fused-ring (bicyclic) bond motifs is 1. The van der Waals surface area contributed by atoms with E-state index in [1.54, 1.807) is 43.6 Å². The topological polar surface area (TPSA) is 174 Å². The number of anilines is 1. The van der Waals surface area contributed by atoms with E-state index in [4.69, 9.17) is 21.0 Å². The molecule has 5 N–H and O–H groups in total. The molecule has 2 aromatic rings. The molecule has 3 heterocycles. The first kappa shape index (κ1) is 22.7. The van der Waals surface area contributed by atoms with Crippen LogP contribution in [0.4, 0.5) is 5.13 Å². The predicted molar refractivity (Wildman–Crippen MR) is 123 cm³/mol. The van der Waals surface area contributed by atoms with Gasteiger partial charge in [-0.15, -0.1) is 11.3 Å². The van der Waals surface area contributed by atoms with E-state index in [9.17, 15) is 13.8 Å². The number of aromatic nitrogens is 1. The summed E-state index contributed by atoms with van der Waals surface area (Å²) in [7, 11) is 0.177. The van der Waals surface area contributed by atoms with Gasteiger partial charge in [0.15, 0.2) is 33.3 Å². The van der Waals surface area contributed by atoms with Crippen molar-refractivity contribution in [2.24, 2.45) is 15.9 Å². The van der Waals surface area contributed by atoms with Gasteiger partial charge in [-0.2, -0.15) is 0 Å². The highest BCUT2D eigenvalue weighted by Crippen LogP contribution is 2.52. The molecule has 0 bridgehead atoms. The molecule has 0 saturated carbocycles. The molecule has 0 spiro atoms. The maximum atomic E-state index is 12.8. The number of nitrogens with zero attached hydrogens (tertiary/aromatic N) is 4. The molecule has 1 aromatic heterocycles. The predicted octanol–water partition coefficient (Wildman–Crippen LogP) is -0.419. The number of amides is 2. The van der Waals surface area contributed by atoms with Gasteiger partial charge in [-0.3, -0.25) is 14.6 Å². The van der Waals surface area contributed by atoms with Crippen molar-refractivity contribution in [3.8, 4) is 5.75 Å². The molecule has 0 aliphatic carbocycles. The second kappa shape index (κ2) is 8.78. The first-order chi connectivity index (χ1) is 15.8. The number of hydrogen-bond acceptors (Lipinski definition) is 10. The van der Waals surface area contributed by atoms with E-state index in [1.165, 1.54) is 4.31 Å². The summed E-state index contributed by atoms with van der Waals surface area (Å²) >= 11 is 1.13. The van der Waals surface area contributed by atoms with Gasteiger partial charge in [0.05, 0.1) is 0 Å². The van der Waals surface area contributed by atoms with E-state index in [1.807, 2.05) is 0 Å². The lowest BCUT2D eigenvalue weighted by Crippen LogP contribution is -2.62. The Labute approximate surface area is 195 Å². The van der Waals surface area contributed by atoms with Gasteiger partial charge in [0, 0.05) is 18.0 Å². The third kappa shape index (κ3) is 4.14. The first-order valence-electron chi connectivity index (χ1n) is 9.71. The third-order valence-electron chi connectivity index (χ3n) is 5.12. The van der Waals surface area contributed by atoms with Crippen molar-refractivity contribution in [1.29, 1.82) is 0 Å². The van der Waals surface area contributed by atoms with Crippen molar-refractivity contribution in [3.05, 3.63) is 40.9 Å². The summed E-state index contributed by atoms with van der Waals surface area (Å²) in [6.45, 7) is 1.83. The lowest BCUT2D eigenvalue weighted by atomic mass is 10.0. The number of rotatable bonds is 9. The third-order valence-corrected chi connectivity index (χ3v) is 7.64. The minimum absolute atomic E-state index is 0.0363. The zero-order valence-corrected chi connectivity index (χ0v) is 19.3. The largest absolute Gasteiger partial charge is 0.490 e. The van der Waals surface area contributed by atoms with Gasteiger partial charge in [-0.1, -0.05) is 5.16 Å². The Kier molecular flexibility index (Phi) is 6.03. The number of amidine groups is 1. The highest BCUT2D eigenvalue weighted by atomic mass is 32.2. The summed E-state index contributed by atoms with van der Waals surface area (Å²) < 4.78 is 18.6. The number of benzene rings is 1. The average Bonchev–Trinajstić information content (AvgIpc) is 3.06.